The molecule has 0 aliphatic heterocycles. The Morgan fingerprint density at radius 3 is 2.32 bits per heavy atom. The highest BCUT2D eigenvalue weighted by atomic mass is 19.1. The summed E-state index contributed by atoms with van der Waals surface area (Å²) in [6.07, 6.45) is 1.66. The zero-order valence-electron chi connectivity index (χ0n) is 10.5. The molecule has 1 aliphatic carbocycles. The lowest BCUT2D eigenvalue weighted by Gasteiger charge is -2.39. The molecule has 0 saturated heterocycles. The van der Waals surface area contributed by atoms with Crippen molar-refractivity contribution in [1.82, 2.24) is 5.32 Å². The molecule has 1 saturated carbocycles. The number of hydrogen-bond acceptors (Lipinski definition) is 2. The molecule has 0 unspecified atom stereocenters. The number of aliphatic carboxylic acids is 1. The van der Waals surface area contributed by atoms with Crippen LogP contribution < -0.4 is 10.2 Å². The van der Waals surface area contributed by atoms with Crippen LogP contribution in [0.5, 0.6) is 0 Å². The summed E-state index contributed by atoms with van der Waals surface area (Å²) in [4.78, 5) is 24.4. The second-order valence-electron chi connectivity index (χ2n) is 4.71. The van der Waals surface area contributed by atoms with Crippen LogP contribution in [0.25, 0.3) is 0 Å². The summed E-state index contributed by atoms with van der Waals surface area (Å²) in [6.45, 7) is 0. The van der Waals surface area contributed by atoms with Crippen LogP contribution in [0.3, 0.4) is 0 Å². The molecule has 0 radical (unpaired) electrons. The maximum atomic E-state index is 12.8. The fourth-order valence-corrected chi connectivity index (χ4v) is 1.99. The zero-order chi connectivity index (χ0) is 14.0. The number of carboxylic acid groups (broad SMARTS) is 1. The number of urea groups is 1. The normalized spacial score (nSPS) is 16.3. The number of carbonyl (C=O) groups is 2. The number of carbonyl (C=O) groups excluding carboxylic acids is 1. The maximum absolute atomic E-state index is 12.8. The lowest BCUT2D eigenvalue weighted by molar-refractivity contribution is -0.148. The van der Waals surface area contributed by atoms with Crippen LogP contribution in [0.2, 0.25) is 0 Å². The molecule has 0 atom stereocenters. The molecule has 2 N–H and O–H groups in total. The predicted molar refractivity (Wildman–Crippen MR) is 67.6 cm³/mol. The lowest BCUT2D eigenvalue weighted by atomic mass is 9.77. The number of carboxylic acids is 1. The quantitative estimate of drug-likeness (QED) is 0.878. The minimum absolute atomic E-state index is 0.390. The van der Waals surface area contributed by atoms with E-state index in [1.807, 2.05) is 0 Å². The van der Waals surface area contributed by atoms with Gasteiger partial charge in [-0.25, -0.2) is 14.0 Å². The molecule has 1 aromatic rings. The van der Waals surface area contributed by atoms with Crippen LogP contribution >= 0.6 is 0 Å². The first-order chi connectivity index (χ1) is 8.94. The fraction of sp³-hybridized carbons (Fsp3) is 0.385. The first-order valence-electron chi connectivity index (χ1n) is 5.99. The number of nitrogens with zero attached hydrogens (tertiary/aromatic N) is 1. The Labute approximate surface area is 110 Å². The van der Waals surface area contributed by atoms with Gasteiger partial charge < -0.3 is 10.4 Å². The summed E-state index contributed by atoms with van der Waals surface area (Å²) in [5, 5.41) is 11.7. The second kappa shape index (κ2) is 4.87. The van der Waals surface area contributed by atoms with Crippen molar-refractivity contribution in [3.8, 4) is 0 Å². The van der Waals surface area contributed by atoms with E-state index in [0.29, 0.717) is 18.5 Å². The third-order valence-corrected chi connectivity index (χ3v) is 3.48. The van der Waals surface area contributed by atoms with Crippen molar-refractivity contribution < 1.29 is 19.1 Å². The molecule has 1 aliphatic rings. The van der Waals surface area contributed by atoms with Crippen LogP contribution in [-0.4, -0.2) is 29.7 Å². The highest BCUT2D eigenvalue weighted by molar-refractivity contribution is 5.95. The highest BCUT2D eigenvalue weighted by Crippen LogP contribution is 2.32. The topological polar surface area (TPSA) is 69.6 Å². The molecule has 2 amide bonds. The van der Waals surface area contributed by atoms with Gasteiger partial charge in [-0.1, -0.05) is 0 Å². The van der Waals surface area contributed by atoms with E-state index in [-0.39, 0.29) is 0 Å². The average Bonchev–Trinajstić information content (AvgIpc) is 2.33. The van der Waals surface area contributed by atoms with Crippen LogP contribution in [-0.2, 0) is 4.79 Å². The van der Waals surface area contributed by atoms with Crippen LogP contribution in [0.4, 0.5) is 14.9 Å². The van der Waals surface area contributed by atoms with E-state index >= 15 is 0 Å². The van der Waals surface area contributed by atoms with Crippen molar-refractivity contribution in [2.45, 2.75) is 24.8 Å². The van der Waals surface area contributed by atoms with Gasteiger partial charge in [-0.3, -0.25) is 4.90 Å². The Bertz CT molecular complexity index is 497. The first kappa shape index (κ1) is 13.3. The van der Waals surface area contributed by atoms with Gasteiger partial charge in [0.1, 0.15) is 11.4 Å². The van der Waals surface area contributed by atoms with Crippen molar-refractivity contribution in [1.29, 1.82) is 0 Å². The summed E-state index contributed by atoms with van der Waals surface area (Å²) in [5.41, 5.74) is -0.649. The van der Waals surface area contributed by atoms with E-state index < -0.39 is 23.4 Å². The maximum Gasteiger partial charge on any atom is 0.329 e. The van der Waals surface area contributed by atoms with E-state index in [2.05, 4.69) is 5.32 Å². The Kier molecular flexibility index (Phi) is 3.42. The molecule has 1 aromatic carbocycles. The van der Waals surface area contributed by atoms with Crippen LogP contribution in [0.15, 0.2) is 24.3 Å². The molecule has 0 spiro atoms. The van der Waals surface area contributed by atoms with E-state index in [0.717, 1.165) is 6.42 Å². The smallest absolute Gasteiger partial charge is 0.329 e. The molecule has 19 heavy (non-hydrogen) atoms. The van der Waals surface area contributed by atoms with Crippen LogP contribution in [0.1, 0.15) is 19.3 Å². The number of anilines is 1. The molecule has 6 heteroatoms. The largest absolute Gasteiger partial charge is 0.480 e. The number of hydrogen-bond donors (Lipinski definition) is 2. The van der Waals surface area contributed by atoms with Gasteiger partial charge >= 0.3 is 12.0 Å². The van der Waals surface area contributed by atoms with Gasteiger partial charge in [-0.05, 0) is 43.5 Å². The van der Waals surface area contributed by atoms with E-state index in [1.165, 1.54) is 36.2 Å². The lowest BCUT2D eigenvalue weighted by Crippen LogP contribution is -2.61. The van der Waals surface area contributed by atoms with Crippen molar-refractivity contribution in [2.75, 3.05) is 11.9 Å². The van der Waals surface area contributed by atoms with Gasteiger partial charge in [0.2, 0.25) is 0 Å². The summed E-state index contributed by atoms with van der Waals surface area (Å²) < 4.78 is 12.8. The summed E-state index contributed by atoms with van der Waals surface area (Å²) >= 11 is 0. The molecule has 0 bridgehead atoms. The Morgan fingerprint density at radius 2 is 1.89 bits per heavy atom. The third kappa shape index (κ3) is 2.52. The fourth-order valence-electron chi connectivity index (χ4n) is 1.99. The van der Waals surface area contributed by atoms with Gasteiger partial charge in [-0.2, -0.15) is 0 Å². The molecular formula is C13H15FN2O3. The zero-order valence-corrected chi connectivity index (χ0v) is 10.5. The molecule has 1 fully saturated rings. The number of halogens is 1. The number of rotatable bonds is 3. The Morgan fingerprint density at radius 1 is 1.32 bits per heavy atom. The van der Waals surface area contributed by atoms with E-state index in [9.17, 15) is 14.0 Å². The third-order valence-electron chi connectivity index (χ3n) is 3.48. The minimum atomic E-state index is -1.15. The first-order valence-corrected chi connectivity index (χ1v) is 5.99. The molecule has 102 valence electrons. The van der Waals surface area contributed by atoms with Gasteiger partial charge in [0.15, 0.2) is 0 Å². The summed E-state index contributed by atoms with van der Waals surface area (Å²) in [7, 11) is 1.51. The monoisotopic (exact) mass is 266 g/mol. The standard InChI is InChI=1S/C13H15FN2O3/c1-16(10-5-3-9(14)4-6-10)12(19)15-13(11(17)18)7-2-8-13/h3-6H,2,7-8H2,1H3,(H,15,19)(H,17,18). The van der Waals surface area contributed by atoms with Gasteiger partial charge in [0.25, 0.3) is 0 Å². The Balaban J connectivity index is 2.07. The number of benzene rings is 1. The van der Waals surface area contributed by atoms with Crippen LogP contribution in [0, 0.1) is 5.82 Å². The van der Waals surface area contributed by atoms with Crippen molar-refractivity contribution >= 4 is 17.7 Å². The second-order valence-corrected chi connectivity index (χ2v) is 4.71. The molecule has 0 aromatic heterocycles. The average molecular weight is 266 g/mol. The molecule has 0 heterocycles. The van der Waals surface area contributed by atoms with E-state index in [4.69, 9.17) is 5.11 Å². The Hall–Kier alpha value is -2.11. The van der Waals surface area contributed by atoms with Gasteiger partial charge in [0.05, 0.1) is 0 Å². The molecule has 5 nitrogen and oxygen atoms in total. The molecular weight excluding hydrogens is 251 g/mol. The minimum Gasteiger partial charge on any atom is -0.480 e. The number of amides is 2. The number of nitrogens with one attached hydrogen (secondary N) is 1. The van der Waals surface area contributed by atoms with Crippen molar-refractivity contribution in [2.24, 2.45) is 0 Å². The SMILES string of the molecule is CN(C(=O)NC1(C(=O)O)CCC1)c1ccc(F)cc1. The van der Waals surface area contributed by atoms with E-state index in [1.54, 1.807) is 0 Å². The van der Waals surface area contributed by atoms with Gasteiger partial charge in [-0.15, -0.1) is 0 Å². The van der Waals surface area contributed by atoms with Crippen molar-refractivity contribution in [3.05, 3.63) is 30.1 Å². The van der Waals surface area contributed by atoms with Gasteiger partial charge in [0, 0.05) is 12.7 Å². The highest BCUT2D eigenvalue weighted by Gasteiger charge is 2.46. The molecule has 2 rings (SSSR count). The summed E-state index contributed by atoms with van der Waals surface area (Å²) in [5.74, 6) is -1.40. The van der Waals surface area contributed by atoms with Crippen molar-refractivity contribution in [3.63, 3.8) is 0 Å². The predicted octanol–water partition coefficient (Wildman–Crippen LogP) is 1.98. The summed E-state index contributed by atoms with van der Waals surface area (Å²) in [6, 6.07) is 4.91.